The number of hydrazone groups is 1. The quantitative estimate of drug-likeness (QED) is 0.198. The highest BCUT2D eigenvalue weighted by molar-refractivity contribution is 6.39. The van der Waals surface area contributed by atoms with Crippen LogP contribution in [-0.2, 0) is 9.59 Å². The zero-order chi connectivity index (χ0) is 23.8. The minimum Gasteiger partial charge on any atom is -0.497 e. The number of esters is 1. The first kappa shape index (κ1) is 23.2. The lowest BCUT2D eigenvalue weighted by Gasteiger charge is -2.07. The van der Waals surface area contributed by atoms with Gasteiger partial charge in [-0.1, -0.05) is 18.2 Å². The van der Waals surface area contributed by atoms with E-state index >= 15 is 0 Å². The maximum absolute atomic E-state index is 12.3. The molecule has 3 aromatic carbocycles. The number of hydrogen-bond donors (Lipinski definition) is 2. The second kappa shape index (κ2) is 10.7. The van der Waals surface area contributed by atoms with Crippen molar-refractivity contribution in [1.82, 2.24) is 5.43 Å². The number of nitrogens with one attached hydrogen (secondary N) is 2. The third kappa shape index (κ3) is 6.76. The van der Waals surface area contributed by atoms with Crippen molar-refractivity contribution in [2.24, 2.45) is 5.10 Å². The second-order valence-electron chi connectivity index (χ2n) is 7.22. The summed E-state index contributed by atoms with van der Waals surface area (Å²) < 4.78 is 10.4. The van der Waals surface area contributed by atoms with Crippen LogP contribution in [0.5, 0.6) is 11.5 Å². The summed E-state index contributed by atoms with van der Waals surface area (Å²) in [6, 6.07) is 18.6. The Morgan fingerprint density at radius 1 is 0.848 bits per heavy atom. The molecule has 0 atom stereocenters. The number of amides is 2. The van der Waals surface area contributed by atoms with E-state index in [0.717, 1.165) is 11.1 Å². The highest BCUT2D eigenvalue weighted by Crippen LogP contribution is 2.17. The average Bonchev–Trinajstić information content (AvgIpc) is 2.78. The SMILES string of the molecule is COc1ccc(C(=O)Oc2cccc(/C=N/NC(=O)C(=O)Nc3cc(C)cc(C)c3)c2)cc1. The molecule has 8 nitrogen and oxygen atoms in total. The van der Waals surface area contributed by atoms with Gasteiger partial charge in [0, 0.05) is 5.69 Å². The van der Waals surface area contributed by atoms with E-state index in [9.17, 15) is 14.4 Å². The predicted molar refractivity (Wildman–Crippen MR) is 125 cm³/mol. The highest BCUT2D eigenvalue weighted by atomic mass is 16.5. The van der Waals surface area contributed by atoms with E-state index < -0.39 is 17.8 Å². The van der Waals surface area contributed by atoms with Crippen LogP contribution in [0.2, 0.25) is 0 Å². The van der Waals surface area contributed by atoms with Gasteiger partial charge in [-0.05, 0) is 79.1 Å². The number of anilines is 1. The molecule has 0 aliphatic carbocycles. The summed E-state index contributed by atoms with van der Waals surface area (Å²) in [6.07, 6.45) is 1.34. The Labute approximate surface area is 191 Å². The van der Waals surface area contributed by atoms with Crippen LogP contribution in [0.4, 0.5) is 5.69 Å². The van der Waals surface area contributed by atoms with Gasteiger partial charge < -0.3 is 14.8 Å². The first-order chi connectivity index (χ1) is 15.8. The zero-order valence-corrected chi connectivity index (χ0v) is 18.4. The van der Waals surface area contributed by atoms with Gasteiger partial charge in [0.15, 0.2) is 0 Å². The number of benzene rings is 3. The molecule has 0 bridgehead atoms. The lowest BCUT2D eigenvalue weighted by atomic mass is 10.1. The number of carbonyl (C=O) groups excluding carboxylic acids is 3. The molecule has 0 aliphatic rings. The van der Waals surface area contributed by atoms with E-state index in [1.165, 1.54) is 6.21 Å². The Morgan fingerprint density at radius 2 is 1.55 bits per heavy atom. The van der Waals surface area contributed by atoms with Gasteiger partial charge >= 0.3 is 17.8 Å². The minimum absolute atomic E-state index is 0.304. The Balaban J connectivity index is 1.56. The van der Waals surface area contributed by atoms with Crippen LogP contribution in [-0.4, -0.2) is 31.1 Å². The largest absolute Gasteiger partial charge is 0.497 e. The summed E-state index contributed by atoms with van der Waals surface area (Å²) in [5.74, 6) is -1.33. The topological polar surface area (TPSA) is 106 Å². The Morgan fingerprint density at radius 3 is 2.21 bits per heavy atom. The van der Waals surface area contributed by atoms with Crippen molar-refractivity contribution in [3.8, 4) is 11.5 Å². The fraction of sp³-hybridized carbons (Fsp3) is 0.120. The van der Waals surface area contributed by atoms with Crippen LogP contribution in [0, 0.1) is 13.8 Å². The van der Waals surface area contributed by atoms with E-state index in [1.54, 1.807) is 67.8 Å². The smallest absolute Gasteiger partial charge is 0.343 e. The molecular weight excluding hydrogens is 422 g/mol. The van der Waals surface area contributed by atoms with E-state index in [1.807, 2.05) is 19.9 Å². The molecule has 2 N–H and O–H groups in total. The molecule has 3 aromatic rings. The van der Waals surface area contributed by atoms with E-state index in [2.05, 4.69) is 15.8 Å². The van der Waals surface area contributed by atoms with Crippen molar-refractivity contribution >= 4 is 29.7 Å². The van der Waals surface area contributed by atoms with Crippen molar-refractivity contribution in [3.63, 3.8) is 0 Å². The number of hydrogen-bond acceptors (Lipinski definition) is 6. The van der Waals surface area contributed by atoms with Gasteiger partial charge in [0.05, 0.1) is 18.9 Å². The zero-order valence-electron chi connectivity index (χ0n) is 18.4. The Hall–Kier alpha value is -4.46. The van der Waals surface area contributed by atoms with Gasteiger partial charge in [-0.25, -0.2) is 10.2 Å². The van der Waals surface area contributed by atoms with Gasteiger partial charge in [0.1, 0.15) is 11.5 Å². The summed E-state index contributed by atoms with van der Waals surface area (Å²) in [5, 5.41) is 6.33. The normalized spacial score (nSPS) is 10.5. The van der Waals surface area contributed by atoms with Crippen LogP contribution in [0.25, 0.3) is 0 Å². The van der Waals surface area contributed by atoms with Crippen LogP contribution >= 0.6 is 0 Å². The summed E-state index contributed by atoms with van der Waals surface area (Å²) in [7, 11) is 1.54. The van der Waals surface area contributed by atoms with E-state index in [4.69, 9.17) is 9.47 Å². The summed E-state index contributed by atoms with van der Waals surface area (Å²) in [6.45, 7) is 3.80. The molecule has 0 fully saturated rings. The number of rotatable bonds is 6. The Bertz CT molecular complexity index is 1180. The molecule has 2 amide bonds. The van der Waals surface area contributed by atoms with Crippen LogP contribution in [0.1, 0.15) is 27.0 Å². The molecule has 0 saturated heterocycles. The van der Waals surface area contributed by atoms with Crippen molar-refractivity contribution in [1.29, 1.82) is 0 Å². The maximum atomic E-state index is 12.3. The van der Waals surface area contributed by atoms with Crippen molar-refractivity contribution in [2.45, 2.75) is 13.8 Å². The third-order valence-electron chi connectivity index (χ3n) is 4.46. The minimum atomic E-state index is -0.910. The number of ether oxygens (including phenoxy) is 2. The molecule has 33 heavy (non-hydrogen) atoms. The lowest BCUT2D eigenvalue weighted by Crippen LogP contribution is -2.32. The third-order valence-corrected chi connectivity index (χ3v) is 4.46. The van der Waals surface area contributed by atoms with Crippen LogP contribution < -0.4 is 20.2 Å². The summed E-state index contributed by atoms with van der Waals surface area (Å²) in [4.78, 5) is 36.4. The van der Waals surface area contributed by atoms with Crippen LogP contribution in [0.15, 0.2) is 71.8 Å². The molecular formula is C25H23N3O5. The number of carbonyl (C=O) groups is 3. The first-order valence-corrected chi connectivity index (χ1v) is 10.0. The molecule has 0 saturated carbocycles. The summed E-state index contributed by atoms with van der Waals surface area (Å²) >= 11 is 0. The number of nitrogens with zero attached hydrogens (tertiary/aromatic N) is 1. The van der Waals surface area contributed by atoms with Crippen molar-refractivity contribution in [3.05, 3.63) is 89.0 Å². The lowest BCUT2D eigenvalue weighted by molar-refractivity contribution is -0.136. The molecule has 0 heterocycles. The van der Waals surface area contributed by atoms with E-state index in [-0.39, 0.29) is 0 Å². The summed E-state index contributed by atoms with van der Waals surface area (Å²) in [5.41, 5.74) is 5.58. The molecule has 3 rings (SSSR count). The Kier molecular flexibility index (Phi) is 7.54. The van der Waals surface area contributed by atoms with Gasteiger partial charge in [-0.15, -0.1) is 0 Å². The number of methoxy groups -OCH3 is 1. The fourth-order valence-electron chi connectivity index (χ4n) is 3.00. The van der Waals surface area contributed by atoms with Crippen molar-refractivity contribution < 1.29 is 23.9 Å². The molecule has 0 aliphatic heterocycles. The highest BCUT2D eigenvalue weighted by Gasteiger charge is 2.13. The molecule has 0 unspecified atom stereocenters. The molecule has 0 spiro atoms. The van der Waals surface area contributed by atoms with Gasteiger partial charge in [-0.3, -0.25) is 9.59 Å². The van der Waals surface area contributed by atoms with Gasteiger partial charge in [-0.2, -0.15) is 5.10 Å². The van der Waals surface area contributed by atoms with Crippen LogP contribution in [0.3, 0.4) is 0 Å². The van der Waals surface area contributed by atoms with Gasteiger partial charge in [0.2, 0.25) is 0 Å². The van der Waals surface area contributed by atoms with E-state index in [0.29, 0.717) is 28.3 Å². The molecule has 0 radical (unpaired) electrons. The first-order valence-electron chi connectivity index (χ1n) is 10.0. The fourth-order valence-corrected chi connectivity index (χ4v) is 3.00. The average molecular weight is 445 g/mol. The number of aryl methyl sites for hydroxylation is 2. The molecule has 0 aromatic heterocycles. The standard InChI is InChI=1S/C25H23N3O5/c1-16-11-17(2)13-20(12-16)27-23(29)24(30)28-26-15-18-5-4-6-22(14-18)33-25(31)19-7-9-21(32-3)10-8-19/h4-15H,1-3H3,(H,27,29)(H,28,30)/b26-15+. The van der Waals surface area contributed by atoms with Crippen molar-refractivity contribution in [2.75, 3.05) is 12.4 Å². The molecule has 168 valence electrons. The molecule has 8 heteroatoms. The monoisotopic (exact) mass is 445 g/mol. The predicted octanol–water partition coefficient (Wildman–Crippen LogP) is 3.62. The van der Waals surface area contributed by atoms with Gasteiger partial charge in [0.25, 0.3) is 0 Å². The maximum Gasteiger partial charge on any atom is 0.343 e. The second-order valence-corrected chi connectivity index (χ2v) is 7.22.